The number of rotatable bonds is 4. The Bertz CT molecular complexity index is 599. The van der Waals surface area contributed by atoms with Crippen LogP contribution < -0.4 is 10.7 Å². The van der Waals surface area contributed by atoms with Crippen molar-refractivity contribution in [3.63, 3.8) is 0 Å². The van der Waals surface area contributed by atoms with Crippen LogP contribution in [0, 0.1) is 5.82 Å². The summed E-state index contributed by atoms with van der Waals surface area (Å²) < 4.78 is 12.9. The molecule has 0 bridgehead atoms. The Morgan fingerprint density at radius 3 is 2.70 bits per heavy atom. The van der Waals surface area contributed by atoms with Gasteiger partial charge in [-0.1, -0.05) is 42.5 Å². The SMILES string of the molecule is Fc1cccc(C=NNC(=S)NCc2ccccc2)c1. The highest BCUT2D eigenvalue weighted by molar-refractivity contribution is 7.80. The molecule has 0 aliphatic rings. The van der Waals surface area contributed by atoms with Crippen LogP contribution in [-0.4, -0.2) is 11.3 Å². The molecule has 0 unspecified atom stereocenters. The molecule has 102 valence electrons. The zero-order valence-corrected chi connectivity index (χ0v) is 11.5. The van der Waals surface area contributed by atoms with E-state index in [1.165, 1.54) is 18.3 Å². The van der Waals surface area contributed by atoms with Gasteiger partial charge in [0.15, 0.2) is 5.11 Å². The van der Waals surface area contributed by atoms with Crippen molar-refractivity contribution in [1.29, 1.82) is 0 Å². The normalized spacial score (nSPS) is 10.4. The van der Waals surface area contributed by atoms with Crippen molar-refractivity contribution in [2.45, 2.75) is 6.54 Å². The Kier molecular flexibility index (Phi) is 5.20. The molecule has 0 saturated heterocycles. The number of nitrogens with zero attached hydrogens (tertiary/aromatic N) is 1. The molecule has 2 rings (SSSR count). The first kappa shape index (κ1) is 14.1. The van der Waals surface area contributed by atoms with Gasteiger partial charge >= 0.3 is 0 Å². The van der Waals surface area contributed by atoms with Gasteiger partial charge in [-0.05, 0) is 35.5 Å². The van der Waals surface area contributed by atoms with Gasteiger partial charge in [0.2, 0.25) is 0 Å². The number of nitrogens with one attached hydrogen (secondary N) is 2. The molecular weight excluding hydrogens is 273 g/mol. The molecule has 0 saturated carbocycles. The van der Waals surface area contributed by atoms with Gasteiger partial charge in [-0.2, -0.15) is 5.10 Å². The Morgan fingerprint density at radius 1 is 1.15 bits per heavy atom. The molecule has 20 heavy (non-hydrogen) atoms. The summed E-state index contributed by atoms with van der Waals surface area (Å²) in [6.45, 7) is 0.627. The maximum Gasteiger partial charge on any atom is 0.187 e. The van der Waals surface area contributed by atoms with E-state index in [9.17, 15) is 4.39 Å². The molecule has 0 fully saturated rings. The molecule has 0 aliphatic carbocycles. The lowest BCUT2D eigenvalue weighted by Gasteiger charge is -2.06. The lowest BCUT2D eigenvalue weighted by Crippen LogP contribution is -2.31. The molecule has 0 amide bonds. The first-order chi connectivity index (χ1) is 9.74. The van der Waals surface area contributed by atoms with Crippen LogP contribution >= 0.6 is 12.2 Å². The second-order valence-electron chi connectivity index (χ2n) is 4.09. The molecule has 0 heterocycles. The molecule has 0 aliphatic heterocycles. The average molecular weight is 287 g/mol. The minimum atomic E-state index is -0.293. The third kappa shape index (κ3) is 4.78. The van der Waals surface area contributed by atoms with Crippen LogP contribution in [0.15, 0.2) is 59.7 Å². The van der Waals surface area contributed by atoms with Crippen LogP contribution in [0.25, 0.3) is 0 Å². The number of hydrogen-bond donors (Lipinski definition) is 2. The molecule has 0 aromatic heterocycles. The summed E-state index contributed by atoms with van der Waals surface area (Å²) in [5, 5.41) is 7.40. The number of benzene rings is 2. The van der Waals surface area contributed by atoms with E-state index in [1.807, 2.05) is 30.3 Å². The van der Waals surface area contributed by atoms with Crippen molar-refractivity contribution >= 4 is 23.5 Å². The smallest absolute Gasteiger partial charge is 0.187 e. The summed E-state index contributed by atoms with van der Waals surface area (Å²) in [5.41, 5.74) is 4.49. The predicted molar refractivity (Wildman–Crippen MR) is 83.0 cm³/mol. The summed E-state index contributed by atoms with van der Waals surface area (Å²) in [5.74, 6) is -0.293. The lowest BCUT2D eigenvalue weighted by molar-refractivity contribution is 0.627. The van der Waals surface area contributed by atoms with Crippen LogP contribution in [0.2, 0.25) is 0 Å². The van der Waals surface area contributed by atoms with Crippen molar-refractivity contribution in [1.82, 2.24) is 10.7 Å². The molecule has 0 spiro atoms. The van der Waals surface area contributed by atoms with Crippen LogP contribution in [0.1, 0.15) is 11.1 Å². The van der Waals surface area contributed by atoms with Crippen molar-refractivity contribution in [3.05, 3.63) is 71.5 Å². The minimum Gasteiger partial charge on any atom is -0.357 e. The van der Waals surface area contributed by atoms with Crippen molar-refractivity contribution in [3.8, 4) is 0 Å². The summed E-state index contributed by atoms with van der Waals surface area (Å²) in [4.78, 5) is 0. The summed E-state index contributed by atoms with van der Waals surface area (Å²) in [6.07, 6.45) is 1.51. The van der Waals surface area contributed by atoms with Gasteiger partial charge in [-0.15, -0.1) is 0 Å². The predicted octanol–water partition coefficient (Wildman–Crippen LogP) is 2.82. The van der Waals surface area contributed by atoms with E-state index in [2.05, 4.69) is 15.8 Å². The number of halogens is 1. The van der Waals surface area contributed by atoms with E-state index in [0.29, 0.717) is 17.2 Å². The second-order valence-corrected chi connectivity index (χ2v) is 4.50. The number of hydrazone groups is 1. The fourth-order valence-corrected chi connectivity index (χ4v) is 1.69. The Morgan fingerprint density at radius 2 is 1.95 bits per heavy atom. The second kappa shape index (κ2) is 7.35. The molecule has 2 aromatic carbocycles. The van der Waals surface area contributed by atoms with Crippen LogP contribution in [-0.2, 0) is 6.54 Å². The molecule has 5 heteroatoms. The highest BCUT2D eigenvalue weighted by atomic mass is 32.1. The first-order valence-corrected chi connectivity index (χ1v) is 6.51. The van der Waals surface area contributed by atoms with Crippen LogP contribution in [0.3, 0.4) is 0 Å². The fraction of sp³-hybridized carbons (Fsp3) is 0.0667. The van der Waals surface area contributed by atoms with Gasteiger partial charge in [-0.25, -0.2) is 4.39 Å². The highest BCUT2D eigenvalue weighted by Crippen LogP contribution is 2.00. The van der Waals surface area contributed by atoms with E-state index in [1.54, 1.807) is 12.1 Å². The lowest BCUT2D eigenvalue weighted by atomic mass is 10.2. The highest BCUT2D eigenvalue weighted by Gasteiger charge is 1.95. The third-order valence-corrected chi connectivity index (χ3v) is 2.76. The maximum absolute atomic E-state index is 12.9. The van der Waals surface area contributed by atoms with Gasteiger partial charge in [0, 0.05) is 6.54 Å². The number of thiocarbonyl (C=S) groups is 1. The monoisotopic (exact) mass is 287 g/mol. The minimum absolute atomic E-state index is 0.293. The van der Waals surface area contributed by atoms with Crippen molar-refractivity contribution < 1.29 is 4.39 Å². The quantitative estimate of drug-likeness (QED) is 0.516. The van der Waals surface area contributed by atoms with Crippen molar-refractivity contribution in [2.24, 2.45) is 5.10 Å². The topological polar surface area (TPSA) is 36.4 Å². The van der Waals surface area contributed by atoms with Gasteiger partial charge in [-0.3, -0.25) is 5.43 Å². The summed E-state index contributed by atoms with van der Waals surface area (Å²) >= 11 is 5.08. The van der Waals surface area contributed by atoms with Gasteiger partial charge < -0.3 is 5.32 Å². The van der Waals surface area contributed by atoms with Gasteiger partial charge in [0.1, 0.15) is 5.82 Å². The third-order valence-electron chi connectivity index (χ3n) is 2.52. The molecule has 3 nitrogen and oxygen atoms in total. The van der Waals surface area contributed by atoms with E-state index in [-0.39, 0.29) is 5.82 Å². The first-order valence-electron chi connectivity index (χ1n) is 6.10. The molecule has 0 radical (unpaired) electrons. The summed E-state index contributed by atoms with van der Waals surface area (Å²) in [7, 11) is 0. The maximum atomic E-state index is 12.9. The average Bonchev–Trinajstić information content (AvgIpc) is 2.46. The Labute approximate surface area is 122 Å². The Hall–Kier alpha value is -2.27. The number of hydrogen-bond acceptors (Lipinski definition) is 2. The van der Waals surface area contributed by atoms with E-state index < -0.39 is 0 Å². The molecule has 2 N–H and O–H groups in total. The zero-order chi connectivity index (χ0) is 14.2. The molecule has 0 atom stereocenters. The van der Waals surface area contributed by atoms with Crippen LogP contribution in [0.4, 0.5) is 4.39 Å². The zero-order valence-electron chi connectivity index (χ0n) is 10.7. The largest absolute Gasteiger partial charge is 0.357 e. The standard InChI is InChI=1S/C15H14FN3S/c16-14-8-4-7-13(9-14)11-18-19-15(20)17-10-12-5-2-1-3-6-12/h1-9,11H,10H2,(H2,17,19,20). The van der Waals surface area contributed by atoms with E-state index in [0.717, 1.165) is 5.56 Å². The van der Waals surface area contributed by atoms with E-state index >= 15 is 0 Å². The fourth-order valence-electron chi connectivity index (χ4n) is 1.57. The molecular formula is C15H14FN3S. The van der Waals surface area contributed by atoms with Crippen molar-refractivity contribution in [2.75, 3.05) is 0 Å². The van der Waals surface area contributed by atoms with Gasteiger partial charge in [0.25, 0.3) is 0 Å². The summed E-state index contributed by atoms with van der Waals surface area (Å²) in [6, 6.07) is 16.1. The molecule has 2 aromatic rings. The Balaban J connectivity index is 1.78. The van der Waals surface area contributed by atoms with Crippen LogP contribution in [0.5, 0.6) is 0 Å². The van der Waals surface area contributed by atoms with E-state index in [4.69, 9.17) is 12.2 Å². The van der Waals surface area contributed by atoms with Gasteiger partial charge in [0.05, 0.1) is 6.21 Å².